The van der Waals surface area contributed by atoms with Crippen LogP contribution >= 0.6 is 0 Å². The lowest BCUT2D eigenvalue weighted by atomic mass is 10.2. The Bertz CT molecular complexity index is 411. The molecule has 0 heterocycles. The van der Waals surface area contributed by atoms with E-state index in [1.807, 2.05) is 58.0 Å². The third-order valence-electron chi connectivity index (χ3n) is 3.48. The fraction of sp³-hybridized carbons (Fsp3) is 0.684. The van der Waals surface area contributed by atoms with Gasteiger partial charge in [-0.05, 0) is 33.3 Å². The summed E-state index contributed by atoms with van der Waals surface area (Å²) in [6.07, 6.45) is -0.173. The summed E-state index contributed by atoms with van der Waals surface area (Å²) < 4.78 is 22.6. The topological polar surface area (TPSA) is 57.2 Å². The summed E-state index contributed by atoms with van der Waals surface area (Å²) in [5.41, 5.74) is 1.16. The Hall–Kier alpha value is -0.980. The smallest absolute Gasteiger partial charge is 0.0785 e. The van der Waals surface area contributed by atoms with Gasteiger partial charge in [0, 0.05) is 0 Å². The summed E-state index contributed by atoms with van der Waals surface area (Å²) in [5.74, 6) is 0. The molecule has 1 aromatic carbocycles. The highest BCUT2D eigenvalue weighted by Crippen LogP contribution is 2.05. The number of ether oxygens (including phenoxy) is 4. The zero-order valence-electron chi connectivity index (χ0n) is 15.3. The maximum Gasteiger partial charge on any atom is 0.0785 e. The second kappa shape index (κ2) is 12.4. The molecule has 0 saturated heterocycles. The van der Waals surface area contributed by atoms with E-state index < -0.39 is 0 Å². The molecule has 0 amide bonds. The van der Waals surface area contributed by atoms with Crippen LogP contribution in [0, 0.1) is 0 Å². The summed E-state index contributed by atoms with van der Waals surface area (Å²) >= 11 is 0. The summed E-state index contributed by atoms with van der Waals surface area (Å²) in [7, 11) is 0. The number of benzene rings is 1. The fourth-order valence-corrected chi connectivity index (χ4v) is 1.91. The van der Waals surface area contributed by atoms with Gasteiger partial charge < -0.3 is 24.1 Å². The maximum absolute atomic E-state index is 8.91. The van der Waals surface area contributed by atoms with Crippen LogP contribution in [0.2, 0.25) is 0 Å². The predicted octanol–water partition coefficient (Wildman–Crippen LogP) is 2.80. The highest BCUT2D eigenvalue weighted by molar-refractivity contribution is 5.13. The molecule has 0 saturated carbocycles. The van der Waals surface area contributed by atoms with E-state index in [0.717, 1.165) is 5.56 Å². The van der Waals surface area contributed by atoms with Crippen molar-refractivity contribution in [1.29, 1.82) is 0 Å². The molecule has 0 spiro atoms. The normalized spacial score (nSPS) is 16.5. The highest BCUT2D eigenvalue weighted by atomic mass is 16.6. The van der Waals surface area contributed by atoms with Crippen LogP contribution in [0.5, 0.6) is 0 Å². The third-order valence-corrected chi connectivity index (χ3v) is 3.48. The Morgan fingerprint density at radius 3 is 1.67 bits per heavy atom. The molecule has 0 radical (unpaired) electrons. The Morgan fingerprint density at radius 2 is 1.17 bits per heavy atom. The number of aliphatic hydroxyl groups is 1. The quantitative estimate of drug-likeness (QED) is 0.598. The van der Waals surface area contributed by atoms with E-state index in [1.165, 1.54) is 0 Å². The van der Waals surface area contributed by atoms with Crippen LogP contribution in [0.15, 0.2) is 30.3 Å². The first kappa shape index (κ1) is 21.1. The van der Waals surface area contributed by atoms with Crippen molar-refractivity contribution < 1.29 is 24.1 Å². The second-order valence-corrected chi connectivity index (χ2v) is 6.22. The van der Waals surface area contributed by atoms with Gasteiger partial charge in [-0.3, -0.25) is 0 Å². The summed E-state index contributed by atoms with van der Waals surface area (Å²) in [4.78, 5) is 0. The van der Waals surface area contributed by atoms with Crippen molar-refractivity contribution in [2.45, 2.75) is 58.7 Å². The Balaban J connectivity index is 2.08. The molecule has 0 aromatic heterocycles. The summed E-state index contributed by atoms with van der Waals surface area (Å²) in [6, 6.07) is 10.1. The molecule has 4 atom stereocenters. The van der Waals surface area contributed by atoms with Crippen LogP contribution in [0.25, 0.3) is 0 Å². The van der Waals surface area contributed by atoms with Crippen molar-refractivity contribution in [3.8, 4) is 0 Å². The Labute approximate surface area is 145 Å². The molecule has 1 aromatic rings. The average molecular weight is 340 g/mol. The molecule has 0 aliphatic heterocycles. The van der Waals surface area contributed by atoms with Gasteiger partial charge >= 0.3 is 0 Å². The number of rotatable bonds is 13. The van der Waals surface area contributed by atoms with Gasteiger partial charge in [-0.1, -0.05) is 30.3 Å². The monoisotopic (exact) mass is 340 g/mol. The molecule has 0 bridgehead atoms. The molecule has 5 heteroatoms. The summed E-state index contributed by atoms with van der Waals surface area (Å²) in [6.45, 7) is 9.87. The molecule has 24 heavy (non-hydrogen) atoms. The van der Waals surface area contributed by atoms with Gasteiger partial charge in [0.2, 0.25) is 0 Å². The van der Waals surface area contributed by atoms with Crippen LogP contribution in [0.4, 0.5) is 0 Å². The predicted molar refractivity (Wildman–Crippen MR) is 94.0 cm³/mol. The Kier molecular flexibility index (Phi) is 10.9. The first-order valence-corrected chi connectivity index (χ1v) is 8.62. The fourth-order valence-electron chi connectivity index (χ4n) is 1.91. The van der Waals surface area contributed by atoms with Crippen molar-refractivity contribution in [3.63, 3.8) is 0 Å². The van der Waals surface area contributed by atoms with Crippen molar-refractivity contribution in [2.75, 3.05) is 26.4 Å². The van der Waals surface area contributed by atoms with E-state index in [1.54, 1.807) is 0 Å². The molecular weight excluding hydrogens is 308 g/mol. The lowest BCUT2D eigenvalue weighted by Crippen LogP contribution is -2.28. The minimum Gasteiger partial charge on any atom is -0.394 e. The standard InChI is InChI=1S/C19H32O5/c1-15(10-20)21-11-16(2)22-12-17(3)23-13-18(4)24-14-19-8-6-5-7-9-19/h5-9,15-18,20H,10-14H2,1-4H3. The van der Waals surface area contributed by atoms with E-state index in [2.05, 4.69) is 0 Å². The second-order valence-electron chi connectivity index (χ2n) is 6.22. The lowest BCUT2D eigenvalue weighted by Gasteiger charge is -2.21. The minimum absolute atomic E-state index is 0.00881. The van der Waals surface area contributed by atoms with Crippen LogP contribution in [0.1, 0.15) is 33.3 Å². The maximum atomic E-state index is 8.91. The number of hydrogen-bond acceptors (Lipinski definition) is 5. The molecule has 138 valence electrons. The van der Waals surface area contributed by atoms with Gasteiger partial charge in [-0.15, -0.1) is 0 Å². The van der Waals surface area contributed by atoms with Crippen molar-refractivity contribution >= 4 is 0 Å². The molecule has 0 aliphatic rings. The summed E-state index contributed by atoms with van der Waals surface area (Å²) in [5, 5.41) is 8.91. The SMILES string of the molecule is CC(CO)OCC(C)OCC(C)OCC(C)OCc1ccccc1. The number of aliphatic hydroxyl groups excluding tert-OH is 1. The zero-order chi connectivity index (χ0) is 17.8. The molecule has 4 unspecified atom stereocenters. The zero-order valence-corrected chi connectivity index (χ0v) is 15.3. The van der Waals surface area contributed by atoms with E-state index in [-0.39, 0.29) is 31.0 Å². The molecular formula is C19H32O5. The van der Waals surface area contributed by atoms with Crippen molar-refractivity contribution in [2.24, 2.45) is 0 Å². The molecule has 5 nitrogen and oxygen atoms in total. The minimum atomic E-state index is -0.160. The van der Waals surface area contributed by atoms with E-state index in [9.17, 15) is 0 Å². The largest absolute Gasteiger partial charge is 0.394 e. The van der Waals surface area contributed by atoms with Gasteiger partial charge in [0.15, 0.2) is 0 Å². The van der Waals surface area contributed by atoms with Crippen LogP contribution in [0.3, 0.4) is 0 Å². The first-order chi connectivity index (χ1) is 11.5. The molecule has 0 fully saturated rings. The first-order valence-electron chi connectivity index (χ1n) is 8.62. The van der Waals surface area contributed by atoms with Gasteiger partial charge in [-0.2, -0.15) is 0 Å². The van der Waals surface area contributed by atoms with Crippen LogP contribution in [-0.4, -0.2) is 55.9 Å². The van der Waals surface area contributed by atoms with Gasteiger partial charge in [0.25, 0.3) is 0 Å². The van der Waals surface area contributed by atoms with Crippen molar-refractivity contribution in [1.82, 2.24) is 0 Å². The molecule has 1 rings (SSSR count). The van der Waals surface area contributed by atoms with Crippen molar-refractivity contribution in [3.05, 3.63) is 35.9 Å². The van der Waals surface area contributed by atoms with E-state index in [4.69, 9.17) is 24.1 Å². The van der Waals surface area contributed by atoms with E-state index in [0.29, 0.717) is 26.4 Å². The average Bonchev–Trinajstić information content (AvgIpc) is 2.61. The van der Waals surface area contributed by atoms with Gasteiger partial charge in [0.1, 0.15) is 0 Å². The van der Waals surface area contributed by atoms with Crippen LogP contribution in [-0.2, 0) is 25.6 Å². The van der Waals surface area contributed by atoms with E-state index >= 15 is 0 Å². The molecule has 0 aliphatic carbocycles. The third kappa shape index (κ3) is 10.0. The lowest BCUT2D eigenvalue weighted by molar-refractivity contribution is -0.0906. The van der Waals surface area contributed by atoms with Crippen LogP contribution < -0.4 is 0 Å². The van der Waals surface area contributed by atoms with Gasteiger partial charge in [-0.25, -0.2) is 0 Å². The number of hydrogen-bond donors (Lipinski definition) is 1. The Morgan fingerprint density at radius 1 is 0.708 bits per heavy atom. The highest BCUT2D eigenvalue weighted by Gasteiger charge is 2.11. The molecule has 1 N–H and O–H groups in total. The van der Waals surface area contributed by atoms with Gasteiger partial charge in [0.05, 0.1) is 57.5 Å².